The first kappa shape index (κ1) is 11.7. The standard InChI is InChI=1S/C12H16O3/c1-9(12(13)15-3)11(14-2)10-7-5-4-6-8-10/h4-9,11H,1-3H3. The van der Waals surface area contributed by atoms with E-state index in [-0.39, 0.29) is 18.0 Å². The molecular weight excluding hydrogens is 192 g/mol. The minimum atomic E-state index is -0.303. The zero-order chi connectivity index (χ0) is 11.3. The molecule has 0 radical (unpaired) electrons. The molecule has 0 aliphatic heterocycles. The third-order valence-corrected chi connectivity index (χ3v) is 2.41. The number of ether oxygens (including phenoxy) is 2. The summed E-state index contributed by atoms with van der Waals surface area (Å²) in [6, 6.07) is 9.65. The number of hydrogen-bond donors (Lipinski definition) is 0. The minimum Gasteiger partial charge on any atom is -0.469 e. The second-order valence-corrected chi connectivity index (χ2v) is 3.38. The van der Waals surface area contributed by atoms with Crippen LogP contribution in [0.1, 0.15) is 18.6 Å². The Balaban J connectivity index is 2.85. The maximum atomic E-state index is 11.4. The van der Waals surface area contributed by atoms with Gasteiger partial charge in [0.1, 0.15) is 0 Å². The summed E-state index contributed by atoms with van der Waals surface area (Å²) in [6.45, 7) is 1.80. The SMILES string of the molecule is COC(=O)C(C)C(OC)c1ccccc1. The van der Waals surface area contributed by atoms with E-state index in [0.29, 0.717) is 0 Å². The molecule has 2 atom stereocenters. The molecule has 0 saturated carbocycles. The fourth-order valence-electron chi connectivity index (χ4n) is 1.58. The highest BCUT2D eigenvalue weighted by molar-refractivity contribution is 5.72. The topological polar surface area (TPSA) is 35.5 Å². The van der Waals surface area contributed by atoms with Crippen molar-refractivity contribution in [1.82, 2.24) is 0 Å². The van der Waals surface area contributed by atoms with E-state index in [4.69, 9.17) is 9.47 Å². The molecule has 0 amide bonds. The van der Waals surface area contributed by atoms with Crippen molar-refractivity contribution in [2.24, 2.45) is 5.92 Å². The maximum Gasteiger partial charge on any atom is 0.311 e. The van der Waals surface area contributed by atoms with E-state index in [1.165, 1.54) is 7.11 Å². The largest absolute Gasteiger partial charge is 0.469 e. The van der Waals surface area contributed by atoms with E-state index < -0.39 is 0 Å². The van der Waals surface area contributed by atoms with Crippen LogP contribution in [-0.4, -0.2) is 20.2 Å². The van der Waals surface area contributed by atoms with Crippen molar-refractivity contribution in [3.63, 3.8) is 0 Å². The van der Waals surface area contributed by atoms with Crippen LogP contribution in [0, 0.1) is 5.92 Å². The molecule has 3 heteroatoms. The van der Waals surface area contributed by atoms with E-state index in [9.17, 15) is 4.79 Å². The van der Waals surface area contributed by atoms with Crippen LogP contribution in [0.4, 0.5) is 0 Å². The van der Waals surface area contributed by atoms with Gasteiger partial charge in [0.25, 0.3) is 0 Å². The fourth-order valence-corrected chi connectivity index (χ4v) is 1.58. The molecule has 0 fully saturated rings. The lowest BCUT2D eigenvalue weighted by Crippen LogP contribution is -2.22. The molecule has 1 aromatic carbocycles. The van der Waals surface area contributed by atoms with E-state index in [1.54, 1.807) is 14.0 Å². The average molecular weight is 208 g/mol. The molecule has 15 heavy (non-hydrogen) atoms. The Morgan fingerprint density at radius 2 is 1.80 bits per heavy atom. The molecule has 0 aliphatic rings. The van der Waals surface area contributed by atoms with Crippen LogP contribution >= 0.6 is 0 Å². The van der Waals surface area contributed by atoms with Gasteiger partial charge in [-0.1, -0.05) is 30.3 Å². The van der Waals surface area contributed by atoms with E-state index >= 15 is 0 Å². The van der Waals surface area contributed by atoms with Crippen LogP contribution in [0.15, 0.2) is 30.3 Å². The Morgan fingerprint density at radius 3 is 2.27 bits per heavy atom. The van der Waals surface area contributed by atoms with Gasteiger partial charge in [-0.25, -0.2) is 0 Å². The number of benzene rings is 1. The van der Waals surface area contributed by atoms with Gasteiger partial charge in [0.2, 0.25) is 0 Å². The van der Waals surface area contributed by atoms with Crippen molar-refractivity contribution < 1.29 is 14.3 Å². The van der Waals surface area contributed by atoms with Crippen LogP contribution < -0.4 is 0 Å². The molecule has 0 heterocycles. The highest BCUT2D eigenvalue weighted by Crippen LogP contribution is 2.25. The highest BCUT2D eigenvalue weighted by Gasteiger charge is 2.25. The molecule has 0 aliphatic carbocycles. The van der Waals surface area contributed by atoms with Gasteiger partial charge in [-0.15, -0.1) is 0 Å². The summed E-state index contributed by atoms with van der Waals surface area (Å²) in [6.07, 6.45) is -0.251. The molecule has 0 spiro atoms. The predicted molar refractivity (Wildman–Crippen MR) is 57.4 cm³/mol. The first-order valence-electron chi connectivity index (χ1n) is 4.86. The van der Waals surface area contributed by atoms with Crippen molar-refractivity contribution in [1.29, 1.82) is 0 Å². The van der Waals surface area contributed by atoms with E-state index in [1.807, 2.05) is 30.3 Å². The first-order chi connectivity index (χ1) is 7.20. The van der Waals surface area contributed by atoms with Crippen molar-refractivity contribution >= 4 is 5.97 Å². The molecule has 82 valence electrons. The Morgan fingerprint density at radius 1 is 1.20 bits per heavy atom. The van der Waals surface area contributed by atoms with E-state index in [2.05, 4.69) is 0 Å². The molecule has 0 bridgehead atoms. The Bertz CT molecular complexity index is 308. The Labute approximate surface area is 90.0 Å². The molecule has 1 aromatic rings. The van der Waals surface area contributed by atoms with Gasteiger partial charge >= 0.3 is 5.97 Å². The number of rotatable bonds is 4. The quantitative estimate of drug-likeness (QED) is 0.711. The normalized spacial score (nSPS) is 14.3. The summed E-state index contributed by atoms with van der Waals surface area (Å²) in [5, 5.41) is 0. The van der Waals surface area contributed by atoms with Crippen LogP contribution in [0.5, 0.6) is 0 Å². The maximum absolute atomic E-state index is 11.4. The van der Waals surface area contributed by atoms with Crippen molar-refractivity contribution in [2.75, 3.05) is 14.2 Å². The lowest BCUT2D eigenvalue weighted by Gasteiger charge is -2.20. The summed E-state index contributed by atoms with van der Waals surface area (Å²) >= 11 is 0. The van der Waals surface area contributed by atoms with Gasteiger partial charge < -0.3 is 9.47 Å². The summed E-state index contributed by atoms with van der Waals surface area (Å²) in [5.74, 6) is -0.562. The number of esters is 1. The van der Waals surface area contributed by atoms with Gasteiger partial charge in [0.05, 0.1) is 19.1 Å². The number of carbonyl (C=O) groups is 1. The molecule has 0 aromatic heterocycles. The highest BCUT2D eigenvalue weighted by atomic mass is 16.5. The van der Waals surface area contributed by atoms with Gasteiger partial charge in [-0.2, -0.15) is 0 Å². The fraction of sp³-hybridized carbons (Fsp3) is 0.417. The number of carbonyl (C=O) groups excluding carboxylic acids is 1. The summed E-state index contributed by atoms with van der Waals surface area (Å²) in [7, 11) is 2.98. The third-order valence-electron chi connectivity index (χ3n) is 2.41. The van der Waals surface area contributed by atoms with Crippen LogP contribution in [-0.2, 0) is 14.3 Å². The lowest BCUT2D eigenvalue weighted by atomic mass is 9.97. The first-order valence-corrected chi connectivity index (χ1v) is 4.86. The molecule has 3 nitrogen and oxygen atoms in total. The van der Waals surface area contributed by atoms with Crippen molar-refractivity contribution in [3.8, 4) is 0 Å². The van der Waals surface area contributed by atoms with Crippen LogP contribution in [0.3, 0.4) is 0 Å². The van der Waals surface area contributed by atoms with E-state index in [0.717, 1.165) is 5.56 Å². The zero-order valence-corrected chi connectivity index (χ0v) is 9.27. The molecule has 0 saturated heterocycles. The zero-order valence-electron chi connectivity index (χ0n) is 9.27. The smallest absolute Gasteiger partial charge is 0.311 e. The number of methoxy groups -OCH3 is 2. The number of hydrogen-bond acceptors (Lipinski definition) is 3. The third kappa shape index (κ3) is 2.80. The second kappa shape index (κ2) is 5.51. The Hall–Kier alpha value is -1.35. The van der Waals surface area contributed by atoms with Crippen LogP contribution in [0.25, 0.3) is 0 Å². The van der Waals surface area contributed by atoms with Crippen molar-refractivity contribution in [2.45, 2.75) is 13.0 Å². The lowest BCUT2D eigenvalue weighted by molar-refractivity contribution is -0.149. The summed E-state index contributed by atoms with van der Waals surface area (Å²) in [4.78, 5) is 11.4. The second-order valence-electron chi connectivity index (χ2n) is 3.38. The molecule has 1 rings (SSSR count). The van der Waals surface area contributed by atoms with Gasteiger partial charge in [-0.05, 0) is 12.5 Å². The van der Waals surface area contributed by atoms with Gasteiger partial charge in [0.15, 0.2) is 0 Å². The predicted octanol–water partition coefficient (Wildman–Crippen LogP) is 2.18. The van der Waals surface area contributed by atoms with Crippen molar-refractivity contribution in [3.05, 3.63) is 35.9 Å². The van der Waals surface area contributed by atoms with Gasteiger partial charge in [-0.3, -0.25) is 4.79 Å². The molecule has 2 unspecified atom stereocenters. The summed E-state index contributed by atoms with van der Waals surface area (Å²) in [5.41, 5.74) is 0.984. The summed E-state index contributed by atoms with van der Waals surface area (Å²) < 4.78 is 10.0. The molecule has 0 N–H and O–H groups in total. The average Bonchev–Trinajstić information content (AvgIpc) is 2.30. The molecular formula is C12H16O3. The monoisotopic (exact) mass is 208 g/mol. The van der Waals surface area contributed by atoms with Crippen LogP contribution in [0.2, 0.25) is 0 Å². The Kier molecular flexibility index (Phi) is 4.31. The minimum absolute atomic E-state index is 0.251. The van der Waals surface area contributed by atoms with Gasteiger partial charge in [0, 0.05) is 7.11 Å².